The fourth-order valence-corrected chi connectivity index (χ4v) is 3.20. The summed E-state index contributed by atoms with van der Waals surface area (Å²) >= 11 is 6.21. The Hall–Kier alpha value is -0.730. The summed E-state index contributed by atoms with van der Waals surface area (Å²) in [6, 6.07) is 4.51. The minimum Gasteiger partial charge on any atom is -0.493 e. The molecule has 1 atom stereocenters. The molecule has 1 unspecified atom stereocenters. The summed E-state index contributed by atoms with van der Waals surface area (Å²) in [7, 11) is 2.03. The molecular formula is C14H18ClNO. The van der Waals surface area contributed by atoms with Gasteiger partial charge in [-0.15, -0.1) is 0 Å². The minimum absolute atomic E-state index is 0.397. The van der Waals surface area contributed by atoms with Crippen molar-refractivity contribution in [1.29, 1.82) is 0 Å². The molecule has 0 spiro atoms. The Morgan fingerprint density at radius 3 is 2.88 bits per heavy atom. The zero-order chi connectivity index (χ0) is 11.8. The van der Waals surface area contributed by atoms with Crippen LogP contribution in [0.5, 0.6) is 5.75 Å². The van der Waals surface area contributed by atoms with Gasteiger partial charge in [0, 0.05) is 23.0 Å². The van der Waals surface area contributed by atoms with E-state index in [-0.39, 0.29) is 0 Å². The van der Waals surface area contributed by atoms with Crippen molar-refractivity contribution in [3.8, 4) is 5.75 Å². The number of hydrogen-bond donors (Lipinski definition) is 1. The van der Waals surface area contributed by atoms with Crippen molar-refractivity contribution in [3.05, 3.63) is 28.3 Å². The maximum absolute atomic E-state index is 6.21. The Bertz CT molecular complexity index is 428. The molecule has 1 saturated carbocycles. The van der Waals surface area contributed by atoms with Gasteiger partial charge in [0.25, 0.3) is 0 Å². The van der Waals surface area contributed by atoms with Crippen LogP contribution in [0.1, 0.15) is 36.4 Å². The highest BCUT2D eigenvalue weighted by Crippen LogP contribution is 2.43. The molecule has 1 aromatic carbocycles. The average Bonchev–Trinajstić information content (AvgIpc) is 2.69. The number of ether oxygens (including phenoxy) is 1. The van der Waals surface area contributed by atoms with Crippen LogP contribution in [-0.2, 0) is 6.42 Å². The molecule has 3 heteroatoms. The van der Waals surface area contributed by atoms with Gasteiger partial charge in [-0.25, -0.2) is 0 Å². The van der Waals surface area contributed by atoms with Gasteiger partial charge in [0.15, 0.2) is 0 Å². The van der Waals surface area contributed by atoms with Crippen LogP contribution in [0.15, 0.2) is 12.1 Å². The Morgan fingerprint density at radius 1 is 1.41 bits per heavy atom. The van der Waals surface area contributed by atoms with Crippen molar-refractivity contribution in [2.75, 3.05) is 13.7 Å². The van der Waals surface area contributed by atoms with Crippen LogP contribution < -0.4 is 10.1 Å². The molecule has 0 amide bonds. The Kier molecular flexibility index (Phi) is 3.01. The third-order valence-electron chi connectivity index (χ3n) is 4.04. The van der Waals surface area contributed by atoms with E-state index in [1.807, 2.05) is 13.1 Å². The van der Waals surface area contributed by atoms with Crippen LogP contribution >= 0.6 is 11.6 Å². The van der Waals surface area contributed by atoms with Crippen LogP contribution in [0, 0.1) is 5.92 Å². The molecular weight excluding hydrogens is 234 g/mol. The quantitative estimate of drug-likeness (QED) is 0.890. The Balaban J connectivity index is 2.00. The molecule has 1 aliphatic carbocycles. The Labute approximate surface area is 107 Å². The van der Waals surface area contributed by atoms with Crippen molar-refractivity contribution in [2.45, 2.75) is 31.7 Å². The number of benzene rings is 1. The molecule has 0 saturated heterocycles. The minimum atomic E-state index is 0.397. The van der Waals surface area contributed by atoms with Gasteiger partial charge in [0.1, 0.15) is 5.75 Å². The summed E-state index contributed by atoms with van der Waals surface area (Å²) in [5, 5.41) is 4.28. The van der Waals surface area contributed by atoms with Crippen LogP contribution in [0.25, 0.3) is 0 Å². The molecule has 2 nitrogen and oxygen atoms in total. The van der Waals surface area contributed by atoms with Crippen LogP contribution in [-0.4, -0.2) is 13.7 Å². The number of hydrogen-bond acceptors (Lipinski definition) is 2. The summed E-state index contributed by atoms with van der Waals surface area (Å²) < 4.78 is 5.79. The number of fused-ring (bicyclic) bond motifs is 1. The van der Waals surface area contributed by atoms with Crippen LogP contribution in [0.2, 0.25) is 5.02 Å². The topological polar surface area (TPSA) is 21.3 Å². The van der Waals surface area contributed by atoms with Gasteiger partial charge in [-0.1, -0.05) is 18.0 Å². The van der Waals surface area contributed by atoms with Crippen molar-refractivity contribution in [3.63, 3.8) is 0 Å². The molecule has 17 heavy (non-hydrogen) atoms. The molecule has 0 bridgehead atoms. The smallest absolute Gasteiger partial charge is 0.127 e. The molecule has 1 fully saturated rings. The fourth-order valence-electron chi connectivity index (χ4n) is 2.95. The maximum Gasteiger partial charge on any atom is 0.127 e. The molecule has 92 valence electrons. The summed E-state index contributed by atoms with van der Waals surface area (Å²) in [5.41, 5.74) is 2.53. The van der Waals surface area contributed by atoms with E-state index in [9.17, 15) is 0 Å². The fraction of sp³-hybridized carbons (Fsp3) is 0.571. The van der Waals surface area contributed by atoms with Crippen molar-refractivity contribution in [2.24, 2.45) is 5.92 Å². The third kappa shape index (κ3) is 1.94. The van der Waals surface area contributed by atoms with Gasteiger partial charge in [0.2, 0.25) is 0 Å². The molecule has 0 radical (unpaired) electrons. The zero-order valence-electron chi connectivity index (χ0n) is 10.1. The van der Waals surface area contributed by atoms with Crippen molar-refractivity contribution < 1.29 is 4.74 Å². The van der Waals surface area contributed by atoms with Crippen LogP contribution in [0.4, 0.5) is 0 Å². The summed E-state index contributed by atoms with van der Waals surface area (Å²) in [6.07, 6.45) is 4.97. The number of rotatable bonds is 3. The molecule has 2 aliphatic rings. The molecule has 1 heterocycles. The molecule has 1 aliphatic heterocycles. The van der Waals surface area contributed by atoms with E-state index in [2.05, 4.69) is 11.4 Å². The third-order valence-corrected chi connectivity index (χ3v) is 4.26. The highest BCUT2D eigenvalue weighted by Gasteiger charge is 2.31. The SMILES string of the molecule is CNC(c1cc(Cl)cc2c1OCC2)C1CCC1. The highest BCUT2D eigenvalue weighted by molar-refractivity contribution is 6.30. The number of nitrogens with one attached hydrogen (secondary N) is 1. The number of halogens is 1. The first kappa shape index (κ1) is 11.4. The molecule has 1 aromatic rings. The van der Waals surface area contributed by atoms with Gasteiger partial charge >= 0.3 is 0 Å². The van der Waals surface area contributed by atoms with E-state index in [1.165, 1.54) is 30.4 Å². The van der Waals surface area contributed by atoms with Gasteiger partial charge in [-0.3, -0.25) is 0 Å². The predicted molar refractivity (Wildman–Crippen MR) is 69.8 cm³/mol. The first-order valence-electron chi connectivity index (χ1n) is 6.42. The lowest BCUT2D eigenvalue weighted by Gasteiger charge is -2.34. The maximum atomic E-state index is 6.21. The van der Waals surface area contributed by atoms with Crippen LogP contribution in [0.3, 0.4) is 0 Å². The van der Waals surface area contributed by atoms with Gasteiger partial charge < -0.3 is 10.1 Å². The zero-order valence-corrected chi connectivity index (χ0v) is 10.9. The molecule has 0 aromatic heterocycles. The lowest BCUT2D eigenvalue weighted by atomic mass is 9.77. The van der Waals surface area contributed by atoms with E-state index in [1.54, 1.807) is 0 Å². The average molecular weight is 252 g/mol. The summed E-state index contributed by atoms with van der Waals surface area (Å²) in [4.78, 5) is 0. The standard InChI is InChI=1S/C14H18ClNO/c1-16-13(9-3-2-4-9)12-8-11(15)7-10-5-6-17-14(10)12/h7-9,13,16H,2-6H2,1H3. The Morgan fingerprint density at radius 2 is 2.24 bits per heavy atom. The highest BCUT2D eigenvalue weighted by atomic mass is 35.5. The first-order valence-corrected chi connectivity index (χ1v) is 6.80. The van der Waals surface area contributed by atoms with E-state index >= 15 is 0 Å². The predicted octanol–water partition coefficient (Wildman–Crippen LogP) is 3.34. The molecule has 3 rings (SSSR count). The monoisotopic (exact) mass is 251 g/mol. The normalized spacial score (nSPS) is 20.6. The van der Waals surface area contributed by atoms with E-state index in [0.29, 0.717) is 6.04 Å². The lowest BCUT2D eigenvalue weighted by molar-refractivity contribution is 0.234. The van der Waals surface area contributed by atoms with Gasteiger partial charge in [-0.05, 0) is 43.5 Å². The first-order chi connectivity index (χ1) is 8.29. The van der Waals surface area contributed by atoms with Gasteiger partial charge in [0.05, 0.1) is 6.61 Å². The largest absolute Gasteiger partial charge is 0.493 e. The van der Waals surface area contributed by atoms with Crippen molar-refractivity contribution >= 4 is 11.6 Å². The van der Waals surface area contributed by atoms with Gasteiger partial charge in [-0.2, -0.15) is 0 Å². The summed E-state index contributed by atoms with van der Waals surface area (Å²) in [6.45, 7) is 0.795. The second-order valence-corrected chi connectivity index (χ2v) is 5.48. The van der Waals surface area contributed by atoms with E-state index in [4.69, 9.17) is 16.3 Å². The molecule has 1 N–H and O–H groups in total. The summed E-state index contributed by atoms with van der Waals surface area (Å²) in [5.74, 6) is 1.83. The van der Waals surface area contributed by atoms with E-state index in [0.717, 1.165) is 29.7 Å². The second-order valence-electron chi connectivity index (χ2n) is 5.04. The van der Waals surface area contributed by atoms with Crippen molar-refractivity contribution in [1.82, 2.24) is 5.32 Å². The van der Waals surface area contributed by atoms with E-state index < -0.39 is 0 Å². The lowest BCUT2D eigenvalue weighted by Crippen LogP contribution is -2.30. The second kappa shape index (κ2) is 4.51.